The van der Waals surface area contributed by atoms with Crippen molar-refractivity contribution in [2.24, 2.45) is 0 Å². The molecule has 3 amide bonds. The van der Waals surface area contributed by atoms with Gasteiger partial charge in [0.1, 0.15) is 11.4 Å². The molecule has 0 saturated carbocycles. The van der Waals surface area contributed by atoms with Gasteiger partial charge in [-0.25, -0.2) is 0 Å². The number of anilines is 1. The van der Waals surface area contributed by atoms with E-state index >= 15 is 0 Å². The van der Waals surface area contributed by atoms with Crippen LogP contribution >= 0.6 is 23.4 Å². The van der Waals surface area contributed by atoms with Crippen LogP contribution in [0.1, 0.15) is 12.5 Å². The number of rotatable bonds is 8. The van der Waals surface area contributed by atoms with E-state index in [1.54, 1.807) is 0 Å². The predicted octanol–water partition coefficient (Wildman–Crippen LogP) is 3.28. The summed E-state index contributed by atoms with van der Waals surface area (Å²) in [6.07, 6.45) is 1.34. The minimum atomic E-state index is -4.33. The zero-order chi connectivity index (χ0) is 26.6. The second-order valence-corrected chi connectivity index (χ2v) is 10.1. The lowest BCUT2D eigenvalue weighted by molar-refractivity contribution is -0.143. The SMILES string of the molecule is COC(=O)CN1C(=O)S/C(=C\c2cc(Cl)c(OS(=O)(=O)c3ccc(NC(C)=O)cc3)c(OC)c2)C1=O. The molecule has 1 aliphatic rings. The van der Waals surface area contributed by atoms with Gasteiger partial charge in [-0.15, -0.1) is 0 Å². The van der Waals surface area contributed by atoms with Gasteiger partial charge in [-0.2, -0.15) is 8.42 Å². The number of imide groups is 1. The smallest absolute Gasteiger partial charge is 0.339 e. The number of carbonyl (C=O) groups is 4. The molecule has 1 saturated heterocycles. The number of hydrogen-bond donors (Lipinski definition) is 1. The Balaban J connectivity index is 1.87. The van der Waals surface area contributed by atoms with E-state index < -0.39 is 33.8 Å². The number of thioether (sulfide) groups is 1. The highest BCUT2D eigenvalue weighted by Crippen LogP contribution is 2.40. The minimum absolute atomic E-state index is 0.0163. The van der Waals surface area contributed by atoms with Gasteiger partial charge in [0.05, 0.1) is 24.1 Å². The standard InChI is InChI=1S/C22H19ClN2O9S2/c1-12(26)24-14-4-6-15(7-5-14)36(30,31)34-20-16(23)8-13(9-17(20)32-2)10-18-21(28)25(22(29)35-18)11-19(27)33-3/h4-10H,11H2,1-3H3,(H,24,26)/b18-10-. The van der Waals surface area contributed by atoms with Gasteiger partial charge in [0.2, 0.25) is 11.7 Å². The first-order valence-corrected chi connectivity index (χ1v) is 12.6. The summed E-state index contributed by atoms with van der Waals surface area (Å²) < 4.78 is 40.5. The molecule has 190 valence electrons. The van der Waals surface area contributed by atoms with E-state index in [1.165, 1.54) is 56.5 Å². The number of halogens is 1. The van der Waals surface area contributed by atoms with Gasteiger partial charge in [0.15, 0.2) is 5.75 Å². The van der Waals surface area contributed by atoms with E-state index in [0.29, 0.717) is 23.0 Å². The van der Waals surface area contributed by atoms with E-state index in [2.05, 4.69) is 10.1 Å². The summed E-state index contributed by atoms with van der Waals surface area (Å²) in [5.41, 5.74) is 0.710. The molecule has 0 spiro atoms. The molecule has 0 aromatic heterocycles. The van der Waals surface area contributed by atoms with Gasteiger partial charge >= 0.3 is 16.1 Å². The molecule has 1 fully saturated rings. The first-order chi connectivity index (χ1) is 16.9. The zero-order valence-electron chi connectivity index (χ0n) is 19.1. The van der Waals surface area contributed by atoms with Crippen molar-refractivity contribution in [1.29, 1.82) is 0 Å². The Morgan fingerprint density at radius 2 is 1.81 bits per heavy atom. The number of benzene rings is 2. The molecule has 2 aromatic carbocycles. The fourth-order valence-electron chi connectivity index (χ4n) is 2.95. The Bertz CT molecular complexity index is 1370. The maximum atomic E-state index is 12.8. The van der Waals surface area contributed by atoms with Crippen molar-refractivity contribution in [3.05, 3.63) is 51.9 Å². The quantitative estimate of drug-likeness (QED) is 0.293. The summed E-state index contributed by atoms with van der Waals surface area (Å²) in [5.74, 6) is -2.11. The number of nitrogens with one attached hydrogen (secondary N) is 1. The molecule has 14 heteroatoms. The van der Waals surface area contributed by atoms with Crippen LogP contribution in [0.25, 0.3) is 6.08 Å². The molecule has 1 aliphatic heterocycles. The average Bonchev–Trinajstić information content (AvgIpc) is 3.07. The van der Waals surface area contributed by atoms with Gasteiger partial charge in [0, 0.05) is 12.6 Å². The third kappa shape index (κ3) is 6.17. The van der Waals surface area contributed by atoms with Crippen molar-refractivity contribution in [2.45, 2.75) is 11.8 Å². The Morgan fingerprint density at radius 3 is 2.39 bits per heavy atom. The monoisotopic (exact) mass is 554 g/mol. The van der Waals surface area contributed by atoms with Crippen molar-refractivity contribution >= 4 is 68.3 Å². The van der Waals surface area contributed by atoms with Crippen LogP contribution in [0, 0.1) is 0 Å². The summed E-state index contributed by atoms with van der Waals surface area (Å²) in [7, 11) is -1.93. The van der Waals surface area contributed by atoms with E-state index in [1.807, 2.05) is 0 Å². The normalized spacial score (nSPS) is 14.7. The number of nitrogens with zero attached hydrogens (tertiary/aromatic N) is 1. The Hall–Kier alpha value is -3.55. The number of ether oxygens (including phenoxy) is 2. The Labute approximate surface area is 215 Å². The number of carbonyl (C=O) groups excluding carboxylic acids is 4. The van der Waals surface area contributed by atoms with Crippen LogP contribution in [0.4, 0.5) is 10.5 Å². The largest absolute Gasteiger partial charge is 0.493 e. The van der Waals surface area contributed by atoms with Crippen molar-refractivity contribution < 1.29 is 41.3 Å². The minimum Gasteiger partial charge on any atom is -0.493 e. The van der Waals surface area contributed by atoms with Gasteiger partial charge in [-0.3, -0.25) is 24.1 Å². The molecule has 0 unspecified atom stereocenters. The third-order valence-electron chi connectivity index (χ3n) is 4.59. The fraction of sp³-hybridized carbons (Fsp3) is 0.182. The maximum Gasteiger partial charge on any atom is 0.339 e. The second kappa shape index (κ2) is 11.0. The van der Waals surface area contributed by atoms with Crippen molar-refractivity contribution in [2.75, 3.05) is 26.1 Å². The summed E-state index contributed by atoms with van der Waals surface area (Å²) in [6.45, 7) is 0.790. The molecule has 0 atom stereocenters. The molecular formula is C22H19ClN2O9S2. The number of esters is 1. The molecule has 36 heavy (non-hydrogen) atoms. The molecular weight excluding hydrogens is 536 g/mol. The maximum absolute atomic E-state index is 12.8. The lowest BCUT2D eigenvalue weighted by Gasteiger charge is -2.14. The van der Waals surface area contributed by atoms with Crippen LogP contribution < -0.4 is 14.2 Å². The molecule has 2 aromatic rings. The Morgan fingerprint density at radius 1 is 1.14 bits per heavy atom. The van der Waals surface area contributed by atoms with E-state index in [9.17, 15) is 27.6 Å². The zero-order valence-corrected chi connectivity index (χ0v) is 21.5. The topological polar surface area (TPSA) is 145 Å². The lowest BCUT2D eigenvalue weighted by Crippen LogP contribution is -2.34. The number of amides is 3. The van der Waals surface area contributed by atoms with Crippen LogP contribution in [0.3, 0.4) is 0 Å². The molecule has 1 N–H and O–H groups in total. The van der Waals surface area contributed by atoms with Crippen molar-refractivity contribution in [3.8, 4) is 11.5 Å². The van der Waals surface area contributed by atoms with E-state index in [0.717, 1.165) is 12.0 Å². The first kappa shape index (κ1) is 27.0. The van der Waals surface area contributed by atoms with E-state index in [4.69, 9.17) is 20.5 Å². The molecule has 1 heterocycles. The molecule has 0 radical (unpaired) electrons. The van der Waals surface area contributed by atoms with Crippen LogP contribution in [0.15, 0.2) is 46.2 Å². The van der Waals surface area contributed by atoms with Crippen LogP contribution in [-0.4, -0.2) is 57.1 Å². The van der Waals surface area contributed by atoms with Gasteiger partial charge in [0.25, 0.3) is 11.1 Å². The predicted molar refractivity (Wildman–Crippen MR) is 131 cm³/mol. The summed E-state index contributed by atoms with van der Waals surface area (Å²) in [5, 5.41) is 1.73. The van der Waals surface area contributed by atoms with Crippen LogP contribution in [0.2, 0.25) is 5.02 Å². The Kier molecular flexibility index (Phi) is 8.28. The molecule has 0 aliphatic carbocycles. The highest BCUT2D eigenvalue weighted by Gasteiger charge is 2.36. The molecule has 0 bridgehead atoms. The highest BCUT2D eigenvalue weighted by molar-refractivity contribution is 8.18. The lowest BCUT2D eigenvalue weighted by atomic mass is 10.2. The first-order valence-electron chi connectivity index (χ1n) is 9.97. The van der Waals surface area contributed by atoms with Gasteiger partial charge in [-0.05, 0) is 59.8 Å². The summed E-state index contributed by atoms with van der Waals surface area (Å²) >= 11 is 6.90. The van der Waals surface area contributed by atoms with Gasteiger partial charge in [-0.1, -0.05) is 11.6 Å². The molecule has 11 nitrogen and oxygen atoms in total. The fourth-order valence-corrected chi connectivity index (χ4v) is 5.05. The van der Waals surface area contributed by atoms with Gasteiger partial charge < -0.3 is 19.0 Å². The van der Waals surface area contributed by atoms with Crippen LogP contribution in [-0.2, 0) is 29.2 Å². The molecule has 3 rings (SSSR count). The van der Waals surface area contributed by atoms with Crippen molar-refractivity contribution in [3.63, 3.8) is 0 Å². The number of hydrogen-bond acceptors (Lipinski definition) is 10. The highest BCUT2D eigenvalue weighted by atomic mass is 35.5. The van der Waals surface area contributed by atoms with Crippen molar-refractivity contribution in [1.82, 2.24) is 4.90 Å². The summed E-state index contributed by atoms with van der Waals surface area (Å²) in [6, 6.07) is 7.98. The summed E-state index contributed by atoms with van der Waals surface area (Å²) in [4.78, 5) is 47.8. The average molecular weight is 555 g/mol. The van der Waals surface area contributed by atoms with E-state index in [-0.39, 0.29) is 32.2 Å². The second-order valence-electron chi connectivity index (χ2n) is 7.12. The third-order valence-corrected chi connectivity index (χ3v) is 7.02. The number of methoxy groups -OCH3 is 2. The van der Waals surface area contributed by atoms with Crippen LogP contribution in [0.5, 0.6) is 11.5 Å².